The number of halogens is 4. The van der Waals surface area contributed by atoms with Crippen molar-refractivity contribution in [3.8, 4) is 5.75 Å². The van der Waals surface area contributed by atoms with E-state index >= 15 is 0 Å². The number of rotatable bonds is 6. The highest BCUT2D eigenvalue weighted by Gasteiger charge is 2.52. The van der Waals surface area contributed by atoms with Gasteiger partial charge in [-0.25, -0.2) is 0 Å². The van der Waals surface area contributed by atoms with E-state index in [1.54, 1.807) is 24.4 Å². The molecule has 0 N–H and O–H groups in total. The number of alkyl halides is 3. The molecule has 1 amide bonds. The zero-order valence-corrected chi connectivity index (χ0v) is 17.4. The number of piperidine rings is 1. The average Bonchev–Trinajstić information content (AvgIpc) is 3.07. The first-order valence-electron chi connectivity index (χ1n) is 10.7. The van der Waals surface area contributed by atoms with E-state index in [1.807, 2.05) is 0 Å². The minimum absolute atomic E-state index is 0.0504. The van der Waals surface area contributed by atoms with Gasteiger partial charge in [0.15, 0.2) is 0 Å². The van der Waals surface area contributed by atoms with Gasteiger partial charge in [-0.05, 0) is 30.3 Å². The topological polar surface area (TPSA) is 70.1 Å². The summed E-state index contributed by atoms with van der Waals surface area (Å²) in [4.78, 5) is 18.9. The smallest absolute Gasteiger partial charge is 0.490 e. The van der Waals surface area contributed by atoms with E-state index in [-0.39, 0.29) is 48.4 Å². The Morgan fingerprint density at radius 2 is 2.19 bits per heavy atom. The van der Waals surface area contributed by atoms with E-state index in [1.165, 1.54) is 23.1 Å². The van der Waals surface area contributed by atoms with Crippen molar-refractivity contribution < 1.29 is 39.7 Å². The zero-order chi connectivity index (χ0) is 24.6. The fraction of sp³-hybridized carbons (Fsp3) is 0.429. The summed E-state index contributed by atoms with van der Waals surface area (Å²) in [6.07, 6.45) is -3.70. The largest absolute Gasteiger partial charge is 0.522 e. The van der Waals surface area contributed by atoms with Crippen LogP contribution in [-0.2, 0) is 19.8 Å². The van der Waals surface area contributed by atoms with Crippen molar-refractivity contribution in [3.05, 3.63) is 58.9 Å². The van der Waals surface area contributed by atoms with Gasteiger partial charge < -0.3 is 19.1 Å². The van der Waals surface area contributed by atoms with Crippen molar-refractivity contribution in [2.75, 3.05) is 33.0 Å². The van der Waals surface area contributed by atoms with E-state index in [0.717, 1.165) is 0 Å². The summed E-state index contributed by atoms with van der Waals surface area (Å²) in [5.41, 5.74) is -0.376. The SMILES string of the molecule is [2H]C1([2H])OC2CN(C(=O)c3ccc(OCCOC(F)(F)F)c(Cl)c3)CC[C@]2(c2ccccn2)O1. The number of nitrogens with zero attached hydrogens (tertiary/aromatic N) is 2. The second-order valence-electron chi connectivity index (χ2n) is 7.19. The lowest BCUT2D eigenvalue weighted by Gasteiger charge is -2.41. The summed E-state index contributed by atoms with van der Waals surface area (Å²) in [5, 5.41) is 0.0504. The first kappa shape index (κ1) is 20.2. The van der Waals surface area contributed by atoms with Gasteiger partial charge in [0.05, 0.1) is 26.6 Å². The van der Waals surface area contributed by atoms with Crippen LogP contribution in [0.5, 0.6) is 5.75 Å². The molecule has 1 aromatic heterocycles. The molecule has 11 heteroatoms. The molecule has 2 fully saturated rings. The molecule has 2 aliphatic heterocycles. The maximum Gasteiger partial charge on any atom is 0.522 e. The van der Waals surface area contributed by atoms with E-state index in [2.05, 4.69) is 9.72 Å². The predicted molar refractivity (Wildman–Crippen MR) is 106 cm³/mol. The Balaban J connectivity index is 1.44. The standard InChI is InChI=1S/C21H20ClF3N2O5/c22-15-11-14(4-5-16(15)29-9-10-31-21(23,24)25)19(28)27-8-6-20(17-3-1-2-7-26-17)18(12-27)30-13-32-20/h1-5,7,11,18H,6,8-10,12-13H2/t18?,20-/m1/s1/i13D2. The molecule has 2 aliphatic rings. The quantitative estimate of drug-likeness (QED) is 0.594. The normalized spacial score (nSPS) is 25.6. The van der Waals surface area contributed by atoms with Crippen LogP contribution in [0.2, 0.25) is 5.02 Å². The molecule has 4 rings (SSSR count). The summed E-state index contributed by atoms with van der Waals surface area (Å²) < 4.78 is 72.0. The third-order valence-corrected chi connectivity index (χ3v) is 5.54. The summed E-state index contributed by atoms with van der Waals surface area (Å²) in [7, 11) is 0. The number of pyridine rings is 1. The molecule has 32 heavy (non-hydrogen) atoms. The van der Waals surface area contributed by atoms with Gasteiger partial charge in [-0.3, -0.25) is 14.5 Å². The van der Waals surface area contributed by atoms with Crippen molar-refractivity contribution in [3.63, 3.8) is 0 Å². The highest BCUT2D eigenvalue weighted by Crippen LogP contribution is 2.42. The minimum atomic E-state index is -4.75. The molecule has 0 saturated carbocycles. The van der Waals surface area contributed by atoms with Crippen LogP contribution in [0.3, 0.4) is 0 Å². The predicted octanol–water partition coefficient (Wildman–Crippen LogP) is 3.76. The average molecular weight is 475 g/mol. The second-order valence-corrected chi connectivity index (χ2v) is 7.59. The number of amides is 1. The Morgan fingerprint density at radius 3 is 2.91 bits per heavy atom. The first-order valence-corrected chi connectivity index (χ1v) is 10.1. The molecule has 2 aromatic rings. The number of hydrogen-bond acceptors (Lipinski definition) is 6. The van der Waals surface area contributed by atoms with Crippen LogP contribution in [0.25, 0.3) is 0 Å². The van der Waals surface area contributed by atoms with Gasteiger partial charge >= 0.3 is 6.36 Å². The van der Waals surface area contributed by atoms with E-state index < -0.39 is 31.4 Å². The van der Waals surface area contributed by atoms with Crippen LogP contribution in [0, 0.1) is 0 Å². The molecule has 0 radical (unpaired) electrons. The minimum Gasteiger partial charge on any atom is -0.490 e. The maximum atomic E-state index is 13.1. The summed E-state index contributed by atoms with van der Waals surface area (Å²) in [6.45, 7) is -3.12. The van der Waals surface area contributed by atoms with Crippen LogP contribution in [0.15, 0.2) is 42.6 Å². The Morgan fingerprint density at radius 1 is 1.34 bits per heavy atom. The molecule has 1 aromatic carbocycles. The number of fused-ring (bicyclic) bond motifs is 1. The third kappa shape index (κ3) is 4.83. The van der Waals surface area contributed by atoms with Crippen LogP contribution in [0.4, 0.5) is 13.2 Å². The molecule has 0 bridgehead atoms. The Bertz CT molecular complexity index is 1050. The van der Waals surface area contributed by atoms with Crippen LogP contribution >= 0.6 is 11.6 Å². The number of benzene rings is 1. The number of likely N-dealkylation sites (tertiary alicyclic amines) is 1. The van der Waals surface area contributed by atoms with Crippen LogP contribution in [0.1, 0.15) is 25.2 Å². The lowest BCUT2D eigenvalue weighted by atomic mass is 9.85. The summed E-state index contributed by atoms with van der Waals surface area (Å²) >= 11 is 6.15. The van der Waals surface area contributed by atoms with E-state index in [9.17, 15) is 18.0 Å². The number of carbonyl (C=O) groups is 1. The Hall–Kier alpha value is -2.40. The van der Waals surface area contributed by atoms with Crippen molar-refractivity contribution in [1.82, 2.24) is 9.88 Å². The van der Waals surface area contributed by atoms with E-state index in [0.29, 0.717) is 5.69 Å². The van der Waals surface area contributed by atoms with Gasteiger partial charge in [-0.1, -0.05) is 17.7 Å². The Kier molecular flexibility index (Phi) is 5.83. The fourth-order valence-electron chi connectivity index (χ4n) is 3.69. The van der Waals surface area contributed by atoms with Gasteiger partial charge in [-0.15, -0.1) is 13.2 Å². The fourth-order valence-corrected chi connectivity index (χ4v) is 3.93. The number of carbonyl (C=O) groups excluding carboxylic acids is 1. The van der Waals surface area contributed by atoms with Crippen molar-refractivity contribution in [2.45, 2.75) is 24.5 Å². The van der Waals surface area contributed by atoms with Crippen molar-refractivity contribution in [2.24, 2.45) is 0 Å². The Labute approximate surface area is 189 Å². The molecule has 0 aliphatic carbocycles. The third-order valence-electron chi connectivity index (χ3n) is 5.24. The van der Waals surface area contributed by atoms with Gasteiger partial charge in [0.2, 0.25) is 0 Å². The van der Waals surface area contributed by atoms with Crippen LogP contribution in [-0.4, -0.2) is 61.3 Å². The molecular formula is C21H20ClF3N2O5. The molecular weight excluding hydrogens is 453 g/mol. The van der Waals surface area contributed by atoms with Gasteiger partial charge in [-0.2, -0.15) is 0 Å². The van der Waals surface area contributed by atoms with Crippen molar-refractivity contribution in [1.29, 1.82) is 0 Å². The molecule has 1 unspecified atom stereocenters. The molecule has 3 heterocycles. The molecule has 0 spiro atoms. The number of hydrogen-bond donors (Lipinski definition) is 0. The monoisotopic (exact) mass is 474 g/mol. The number of aromatic nitrogens is 1. The highest BCUT2D eigenvalue weighted by molar-refractivity contribution is 6.32. The molecule has 172 valence electrons. The summed E-state index contributed by atoms with van der Waals surface area (Å²) in [5.74, 6) is -0.267. The molecule has 2 atom stereocenters. The zero-order valence-electron chi connectivity index (χ0n) is 18.6. The van der Waals surface area contributed by atoms with E-state index in [4.69, 9.17) is 28.6 Å². The maximum absolute atomic E-state index is 13.1. The van der Waals surface area contributed by atoms with Gasteiger partial charge in [0, 0.05) is 24.7 Å². The highest BCUT2D eigenvalue weighted by atomic mass is 35.5. The van der Waals surface area contributed by atoms with Crippen molar-refractivity contribution >= 4 is 17.5 Å². The first-order chi connectivity index (χ1) is 16.0. The van der Waals surface area contributed by atoms with Gasteiger partial charge in [0.1, 0.15) is 30.8 Å². The molecule has 2 saturated heterocycles. The molecule has 7 nitrogen and oxygen atoms in total. The summed E-state index contributed by atoms with van der Waals surface area (Å²) in [6, 6.07) is 9.42. The second kappa shape index (κ2) is 9.22. The lowest BCUT2D eigenvalue weighted by molar-refractivity contribution is -0.325. The lowest BCUT2D eigenvalue weighted by Crippen LogP contribution is -2.53. The number of ether oxygens (including phenoxy) is 4. The van der Waals surface area contributed by atoms with Crippen LogP contribution < -0.4 is 4.74 Å². The van der Waals surface area contributed by atoms with Gasteiger partial charge in [0.25, 0.3) is 5.91 Å².